The zero-order valence-corrected chi connectivity index (χ0v) is 24.2. The first kappa shape index (κ1) is 29.2. The van der Waals surface area contributed by atoms with Gasteiger partial charge in [-0.15, -0.1) is 0 Å². The van der Waals surface area contributed by atoms with Crippen molar-refractivity contribution in [3.8, 4) is 11.1 Å². The number of halogens is 1. The lowest BCUT2D eigenvalue weighted by molar-refractivity contribution is 0.0588. The Kier molecular flexibility index (Phi) is 8.57. The average Bonchev–Trinajstić information content (AvgIpc) is 3.45. The van der Waals surface area contributed by atoms with Crippen LogP contribution in [0, 0.1) is 0 Å². The van der Waals surface area contributed by atoms with Crippen LogP contribution in [0.2, 0.25) is 0 Å². The molecule has 1 N–H and O–H groups in total. The molecular formula is C30H27FN4O5S2. The number of fused-ring (bicyclic) bond motifs is 1. The minimum Gasteiger partial charge on any atom is -0.389 e. The number of rotatable bonds is 10. The predicted molar refractivity (Wildman–Crippen MR) is 158 cm³/mol. The van der Waals surface area contributed by atoms with Crippen molar-refractivity contribution in [3.63, 3.8) is 0 Å². The molecule has 1 amide bonds. The van der Waals surface area contributed by atoms with Gasteiger partial charge in [0.15, 0.2) is 10.3 Å². The zero-order valence-electron chi connectivity index (χ0n) is 22.6. The highest BCUT2D eigenvalue weighted by molar-refractivity contribution is 7.89. The second-order valence-corrected chi connectivity index (χ2v) is 12.3. The summed E-state index contributed by atoms with van der Waals surface area (Å²) < 4.78 is 42.3. The molecule has 0 bridgehead atoms. The molecule has 2 aromatic heterocycles. The van der Waals surface area contributed by atoms with Crippen LogP contribution in [-0.2, 0) is 29.6 Å². The Hall–Kier alpha value is -4.26. The van der Waals surface area contributed by atoms with Crippen LogP contribution in [0.25, 0.3) is 21.5 Å². The maximum atomic E-state index is 15.1. The highest BCUT2D eigenvalue weighted by Gasteiger charge is 2.32. The number of sulfonamides is 1. The minimum atomic E-state index is -4.83. The summed E-state index contributed by atoms with van der Waals surface area (Å²) in [6, 6.07) is 20.1. The molecule has 0 saturated carbocycles. The van der Waals surface area contributed by atoms with Crippen LogP contribution in [0.5, 0.6) is 0 Å². The van der Waals surface area contributed by atoms with Gasteiger partial charge in [-0.3, -0.25) is 14.2 Å². The Bertz CT molecular complexity index is 1910. The number of unbranched alkanes of at least 4 members (excludes halogenated alkanes) is 1. The molecule has 0 aliphatic rings. The first-order valence-electron chi connectivity index (χ1n) is 13.2. The molecule has 42 heavy (non-hydrogen) atoms. The molecule has 0 spiro atoms. The fourth-order valence-electron chi connectivity index (χ4n) is 4.53. The van der Waals surface area contributed by atoms with E-state index in [4.69, 9.17) is 0 Å². The molecule has 3 aromatic carbocycles. The molecular weight excluding hydrogens is 579 g/mol. The summed E-state index contributed by atoms with van der Waals surface area (Å²) in [7, 11) is -4.83. The van der Waals surface area contributed by atoms with Crippen LogP contribution in [0.1, 0.15) is 46.5 Å². The topological polar surface area (TPSA) is 122 Å². The Morgan fingerprint density at radius 3 is 2.38 bits per heavy atom. The standard InChI is InChI=1S/C30H27FN4O5S2/c1-2-3-13-25-32-28-27(33-26(19-36)41-28)30(38)34(25)18-20-14-16-21(17-15-20)23-11-7-8-12-24(23)42(39,40)35(31)29(37)22-9-5-4-6-10-22/h4-12,14-17,36H,2-3,13,18-19H2,1H3. The van der Waals surface area contributed by atoms with E-state index in [2.05, 4.69) is 9.97 Å². The summed E-state index contributed by atoms with van der Waals surface area (Å²) in [5.41, 5.74) is 1.27. The SMILES string of the molecule is CCCCc1nc2sc(CO)nc2c(=O)n1Cc1ccc(-c2ccccc2S(=O)(=O)N(F)C(=O)c2ccccc2)cc1. The summed E-state index contributed by atoms with van der Waals surface area (Å²) in [5, 5.41) is 9.90. The van der Waals surface area contributed by atoms with Gasteiger partial charge in [0.05, 0.1) is 18.0 Å². The molecule has 0 atom stereocenters. The van der Waals surface area contributed by atoms with Gasteiger partial charge < -0.3 is 5.11 Å². The number of carbonyl (C=O) groups is 1. The minimum absolute atomic E-state index is 0.100. The summed E-state index contributed by atoms with van der Waals surface area (Å²) >= 11 is 1.19. The molecule has 0 unspecified atom stereocenters. The third-order valence-corrected chi connectivity index (χ3v) is 9.13. The first-order valence-corrected chi connectivity index (χ1v) is 15.5. The third-order valence-electron chi connectivity index (χ3n) is 6.69. The molecule has 12 heteroatoms. The summed E-state index contributed by atoms with van der Waals surface area (Å²) in [5.74, 6) is -0.670. The van der Waals surface area contributed by atoms with Crippen molar-refractivity contribution in [1.29, 1.82) is 0 Å². The molecule has 9 nitrogen and oxygen atoms in total. The van der Waals surface area contributed by atoms with Crippen LogP contribution in [-0.4, -0.2) is 38.5 Å². The quantitative estimate of drug-likeness (QED) is 0.219. The van der Waals surface area contributed by atoms with E-state index in [1.807, 2.05) is 6.92 Å². The van der Waals surface area contributed by atoms with E-state index in [1.54, 1.807) is 41.0 Å². The number of amides is 1. The van der Waals surface area contributed by atoms with E-state index >= 15 is 4.48 Å². The lowest BCUT2D eigenvalue weighted by atomic mass is 10.0. The van der Waals surface area contributed by atoms with Crippen molar-refractivity contribution in [2.75, 3.05) is 0 Å². The largest absolute Gasteiger partial charge is 0.389 e. The zero-order chi connectivity index (χ0) is 29.9. The van der Waals surface area contributed by atoms with Gasteiger partial charge in [0.2, 0.25) is 0 Å². The van der Waals surface area contributed by atoms with Crippen molar-refractivity contribution >= 4 is 37.6 Å². The number of aliphatic hydroxyl groups is 1. The van der Waals surface area contributed by atoms with Gasteiger partial charge in [-0.25, -0.2) is 9.97 Å². The molecule has 0 saturated heterocycles. The monoisotopic (exact) mass is 606 g/mol. The van der Waals surface area contributed by atoms with Gasteiger partial charge in [-0.05, 0) is 35.7 Å². The molecule has 216 valence electrons. The van der Waals surface area contributed by atoms with Crippen molar-refractivity contribution in [2.45, 2.75) is 44.2 Å². The number of aryl methyl sites for hydroxylation is 1. The number of aliphatic hydroxyl groups excluding tert-OH is 1. The Labute approximate surface area is 245 Å². The number of hydrogen-bond donors (Lipinski definition) is 1. The highest BCUT2D eigenvalue weighted by atomic mass is 32.2. The maximum absolute atomic E-state index is 15.1. The number of nitrogens with zero attached hydrogens (tertiary/aromatic N) is 4. The van der Waals surface area contributed by atoms with E-state index in [-0.39, 0.29) is 40.2 Å². The molecule has 5 aromatic rings. The van der Waals surface area contributed by atoms with E-state index in [0.29, 0.717) is 27.6 Å². The normalized spacial score (nSPS) is 11.6. The molecule has 0 aliphatic carbocycles. The van der Waals surface area contributed by atoms with Gasteiger partial charge in [-0.2, -0.15) is 8.42 Å². The fraction of sp³-hybridized carbons (Fsp3) is 0.200. The Balaban J connectivity index is 1.47. The summed E-state index contributed by atoms with van der Waals surface area (Å²) in [4.78, 5) is 35.0. The van der Waals surface area contributed by atoms with E-state index in [0.717, 1.165) is 18.4 Å². The number of hydrogen-bond acceptors (Lipinski definition) is 8. The Morgan fingerprint density at radius 2 is 1.69 bits per heavy atom. The van der Waals surface area contributed by atoms with Gasteiger partial charge in [0, 0.05) is 17.5 Å². The van der Waals surface area contributed by atoms with Crippen molar-refractivity contribution in [1.82, 2.24) is 19.1 Å². The summed E-state index contributed by atoms with van der Waals surface area (Å²) in [6.45, 7) is 1.98. The van der Waals surface area contributed by atoms with Crippen LogP contribution < -0.4 is 5.56 Å². The fourth-order valence-corrected chi connectivity index (χ4v) is 6.55. The maximum Gasteiger partial charge on any atom is 0.297 e. The number of benzene rings is 3. The van der Waals surface area contributed by atoms with E-state index in [9.17, 15) is 23.1 Å². The smallest absolute Gasteiger partial charge is 0.297 e. The second kappa shape index (κ2) is 12.3. The molecule has 5 rings (SSSR count). The van der Waals surface area contributed by atoms with Crippen LogP contribution in [0.4, 0.5) is 4.48 Å². The second-order valence-electron chi connectivity index (χ2n) is 9.53. The van der Waals surface area contributed by atoms with Crippen molar-refractivity contribution in [2.24, 2.45) is 0 Å². The number of carbonyl (C=O) groups excluding carboxylic acids is 1. The molecule has 2 heterocycles. The highest BCUT2D eigenvalue weighted by Crippen LogP contribution is 2.31. The first-order chi connectivity index (χ1) is 20.2. The van der Waals surface area contributed by atoms with Gasteiger partial charge in [-0.1, -0.05) is 94.4 Å². The molecule has 0 fully saturated rings. The number of aromatic nitrogens is 3. The van der Waals surface area contributed by atoms with Gasteiger partial charge in [0.25, 0.3) is 21.5 Å². The van der Waals surface area contributed by atoms with E-state index < -0.39 is 20.5 Å². The lowest BCUT2D eigenvalue weighted by Gasteiger charge is -2.16. The molecule has 0 radical (unpaired) electrons. The van der Waals surface area contributed by atoms with Crippen molar-refractivity contribution < 1.29 is 22.8 Å². The average molecular weight is 607 g/mol. The number of thiazole rings is 1. The van der Waals surface area contributed by atoms with Crippen molar-refractivity contribution in [3.05, 3.63) is 111 Å². The van der Waals surface area contributed by atoms with Crippen LogP contribution >= 0.6 is 11.3 Å². The molecule has 0 aliphatic heterocycles. The summed E-state index contributed by atoms with van der Waals surface area (Å²) in [6.07, 6.45) is 2.35. The van der Waals surface area contributed by atoms with Gasteiger partial charge >= 0.3 is 0 Å². The van der Waals surface area contributed by atoms with Crippen LogP contribution in [0.3, 0.4) is 0 Å². The Morgan fingerprint density at radius 1 is 1.00 bits per heavy atom. The lowest BCUT2D eigenvalue weighted by Crippen LogP contribution is -2.30. The third kappa shape index (κ3) is 5.73. The van der Waals surface area contributed by atoms with Crippen LogP contribution in [0.15, 0.2) is 88.6 Å². The van der Waals surface area contributed by atoms with Gasteiger partial charge in [0.1, 0.15) is 10.8 Å². The van der Waals surface area contributed by atoms with E-state index in [1.165, 1.54) is 53.8 Å². The predicted octanol–water partition coefficient (Wildman–Crippen LogP) is 5.12.